The summed E-state index contributed by atoms with van der Waals surface area (Å²) in [4.78, 5) is 3.94. The summed E-state index contributed by atoms with van der Waals surface area (Å²) in [5, 5.41) is 13.4. The summed E-state index contributed by atoms with van der Waals surface area (Å²) in [6.45, 7) is 1.65. The molecule has 0 saturated heterocycles. The molecule has 2 aromatic heterocycles. The lowest BCUT2D eigenvalue weighted by Gasteiger charge is -1.98. The van der Waals surface area contributed by atoms with E-state index >= 15 is 0 Å². The van der Waals surface area contributed by atoms with Gasteiger partial charge in [-0.15, -0.1) is 0 Å². The summed E-state index contributed by atoms with van der Waals surface area (Å²) in [5.74, 6) is 0.613. The van der Waals surface area contributed by atoms with Crippen molar-refractivity contribution in [2.24, 2.45) is 0 Å². The average Bonchev–Trinajstić information content (AvgIpc) is 2.61. The van der Waals surface area contributed by atoms with Crippen LogP contribution in [-0.4, -0.2) is 15.2 Å². The zero-order chi connectivity index (χ0) is 10.8. The van der Waals surface area contributed by atoms with Gasteiger partial charge in [0.15, 0.2) is 0 Å². The molecule has 0 aliphatic rings. The zero-order valence-corrected chi connectivity index (χ0v) is 8.82. The molecule has 0 bridgehead atoms. The van der Waals surface area contributed by atoms with Crippen molar-refractivity contribution in [2.45, 2.75) is 13.5 Å². The van der Waals surface area contributed by atoms with Crippen molar-refractivity contribution in [3.63, 3.8) is 0 Å². The van der Waals surface area contributed by atoms with Crippen LogP contribution in [0.25, 0.3) is 11.3 Å². The molecule has 0 aliphatic heterocycles. The predicted molar refractivity (Wildman–Crippen MR) is 55.4 cm³/mol. The van der Waals surface area contributed by atoms with Crippen LogP contribution >= 0.6 is 11.6 Å². The number of pyridine rings is 1. The fraction of sp³-hybridized carbons (Fsp3) is 0.200. The summed E-state index contributed by atoms with van der Waals surface area (Å²) in [7, 11) is 0. The molecule has 0 amide bonds. The minimum Gasteiger partial charge on any atom is -0.391 e. The fourth-order valence-corrected chi connectivity index (χ4v) is 1.43. The van der Waals surface area contributed by atoms with Gasteiger partial charge >= 0.3 is 0 Å². The maximum atomic E-state index is 9.16. The molecule has 0 atom stereocenters. The first-order valence-electron chi connectivity index (χ1n) is 4.40. The number of aromatic nitrogens is 2. The highest BCUT2D eigenvalue weighted by molar-refractivity contribution is 6.29. The Morgan fingerprint density at radius 2 is 2.27 bits per heavy atom. The number of nitrogens with zero attached hydrogens (tertiary/aromatic N) is 2. The van der Waals surface area contributed by atoms with Crippen LogP contribution in [0.2, 0.25) is 5.15 Å². The van der Waals surface area contributed by atoms with Crippen molar-refractivity contribution in [1.29, 1.82) is 0 Å². The van der Waals surface area contributed by atoms with Crippen LogP contribution in [-0.2, 0) is 6.61 Å². The van der Waals surface area contributed by atoms with E-state index in [1.165, 1.54) is 0 Å². The van der Waals surface area contributed by atoms with Gasteiger partial charge in [0.25, 0.3) is 0 Å². The SMILES string of the molecule is Cc1onc(-c2ccc(Cl)nc2)c1CO. The van der Waals surface area contributed by atoms with Gasteiger partial charge < -0.3 is 9.63 Å². The van der Waals surface area contributed by atoms with Crippen LogP contribution in [0, 0.1) is 6.92 Å². The lowest BCUT2D eigenvalue weighted by atomic mass is 10.1. The summed E-state index contributed by atoms with van der Waals surface area (Å²) in [6.07, 6.45) is 1.60. The highest BCUT2D eigenvalue weighted by Crippen LogP contribution is 2.25. The van der Waals surface area contributed by atoms with Crippen LogP contribution in [0.15, 0.2) is 22.9 Å². The molecular weight excluding hydrogens is 216 g/mol. The van der Waals surface area contributed by atoms with Crippen molar-refractivity contribution >= 4 is 11.6 Å². The van der Waals surface area contributed by atoms with Crippen LogP contribution in [0.5, 0.6) is 0 Å². The van der Waals surface area contributed by atoms with E-state index in [0.717, 1.165) is 5.56 Å². The summed E-state index contributed by atoms with van der Waals surface area (Å²) >= 11 is 5.67. The second-order valence-corrected chi connectivity index (χ2v) is 3.48. The highest BCUT2D eigenvalue weighted by atomic mass is 35.5. The van der Waals surface area contributed by atoms with E-state index in [0.29, 0.717) is 22.2 Å². The topological polar surface area (TPSA) is 59.2 Å². The largest absolute Gasteiger partial charge is 0.391 e. The third-order valence-electron chi connectivity index (χ3n) is 2.14. The molecule has 0 aliphatic carbocycles. The Bertz CT molecular complexity index is 465. The minimum atomic E-state index is -0.104. The van der Waals surface area contributed by atoms with Crippen LogP contribution in [0.4, 0.5) is 0 Å². The predicted octanol–water partition coefficient (Wildman–Crippen LogP) is 2.19. The standard InChI is InChI=1S/C10H9ClN2O2/c1-6-8(5-14)10(13-15-6)7-2-3-9(11)12-4-7/h2-4,14H,5H2,1H3. The number of halogens is 1. The number of aryl methyl sites for hydroxylation is 1. The molecule has 2 aromatic rings. The van der Waals surface area contributed by atoms with Crippen molar-refractivity contribution in [3.05, 3.63) is 34.8 Å². The molecule has 0 fully saturated rings. The molecule has 4 nitrogen and oxygen atoms in total. The highest BCUT2D eigenvalue weighted by Gasteiger charge is 2.13. The van der Waals surface area contributed by atoms with E-state index in [1.54, 1.807) is 25.3 Å². The molecule has 78 valence electrons. The molecule has 2 heterocycles. The molecule has 0 radical (unpaired) electrons. The maximum Gasteiger partial charge on any atom is 0.139 e. The van der Waals surface area contributed by atoms with Gasteiger partial charge in [0.05, 0.1) is 6.61 Å². The Labute approximate surface area is 91.5 Å². The molecule has 0 unspecified atom stereocenters. The Kier molecular flexibility index (Phi) is 2.70. The molecule has 0 spiro atoms. The first kappa shape index (κ1) is 10.1. The Morgan fingerprint density at radius 1 is 1.47 bits per heavy atom. The van der Waals surface area contributed by atoms with Crippen molar-refractivity contribution < 1.29 is 9.63 Å². The second-order valence-electron chi connectivity index (χ2n) is 3.09. The van der Waals surface area contributed by atoms with E-state index < -0.39 is 0 Å². The third-order valence-corrected chi connectivity index (χ3v) is 2.37. The van der Waals surface area contributed by atoms with Crippen LogP contribution in [0.1, 0.15) is 11.3 Å². The molecule has 2 rings (SSSR count). The number of hydrogen-bond acceptors (Lipinski definition) is 4. The number of aliphatic hydroxyl groups excluding tert-OH is 1. The van der Waals surface area contributed by atoms with E-state index in [4.69, 9.17) is 21.2 Å². The lowest BCUT2D eigenvalue weighted by molar-refractivity contribution is 0.278. The molecule has 0 aromatic carbocycles. The van der Waals surface area contributed by atoms with E-state index in [-0.39, 0.29) is 6.61 Å². The number of hydrogen-bond donors (Lipinski definition) is 1. The zero-order valence-electron chi connectivity index (χ0n) is 8.07. The first-order valence-corrected chi connectivity index (χ1v) is 4.78. The summed E-state index contributed by atoms with van der Waals surface area (Å²) in [6, 6.07) is 3.45. The molecule has 5 heteroatoms. The summed E-state index contributed by atoms with van der Waals surface area (Å²) < 4.78 is 5.00. The number of aliphatic hydroxyl groups is 1. The Morgan fingerprint density at radius 3 is 2.87 bits per heavy atom. The van der Waals surface area contributed by atoms with Gasteiger partial charge in [0.1, 0.15) is 16.6 Å². The minimum absolute atomic E-state index is 0.104. The van der Waals surface area contributed by atoms with Gasteiger partial charge in [-0.1, -0.05) is 16.8 Å². The molecule has 15 heavy (non-hydrogen) atoms. The fourth-order valence-electron chi connectivity index (χ4n) is 1.32. The van der Waals surface area contributed by atoms with Crippen molar-refractivity contribution in [3.8, 4) is 11.3 Å². The lowest BCUT2D eigenvalue weighted by Crippen LogP contribution is -1.88. The molecular formula is C10H9ClN2O2. The van der Waals surface area contributed by atoms with Crippen molar-refractivity contribution in [2.75, 3.05) is 0 Å². The van der Waals surface area contributed by atoms with Gasteiger partial charge in [-0.3, -0.25) is 0 Å². The van der Waals surface area contributed by atoms with Gasteiger partial charge in [-0.2, -0.15) is 0 Å². The van der Waals surface area contributed by atoms with Gasteiger partial charge in [0.2, 0.25) is 0 Å². The van der Waals surface area contributed by atoms with Crippen LogP contribution < -0.4 is 0 Å². The Hall–Kier alpha value is -1.39. The quantitative estimate of drug-likeness (QED) is 0.795. The van der Waals surface area contributed by atoms with E-state index in [1.807, 2.05) is 0 Å². The molecule has 0 saturated carbocycles. The Balaban J connectivity index is 2.49. The van der Waals surface area contributed by atoms with Crippen LogP contribution in [0.3, 0.4) is 0 Å². The second kappa shape index (κ2) is 4.00. The van der Waals surface area contributed by atoms with Crippen molar-refractivity contribution in [1.82, 2.24) is 10.1 Å². The average molecular weight is 225 g/mol. The van der Waals surface area contributed by atoms with E-state index in [9.17, 15) is 0 Å². The maximum absolute atomic E-state index is 9.16. The van der Waals surface area contributed by atoms with Gasteiger partial charge in [-0.25, -0.2) is 4.98 Å². The van der Waals surface area contributed by atoms with E-state index in [2.05, 4.69) is 10.1 Å². The number of rotatable bonds is 2. The van der Waals surface area contributed by atoms with Gasteiger partial charge in [0, 0.05) is 17.3 Å². The van der Waals surface area contributed by atoms with Gasteiger partial charge in [-0.05, 0) is 19.1 Å². The third kappa shape index (κ3) is 1.86. The molecule has 1 N–H and O–H groups in total. The normalized spacial score (nSPS) is 10.6. The first-order chi connectivity index (χ1) is 7.22. The smallest absolute Gasteiger partial charge is 0.139 e. The monoisotopic (exact) mass is 224 g/mol. The summed E-state index contributed by atoms with van der Waals surface area (Å²) in [5.41, 5.74) is 2.07.